The van der Waals surface area contributed by atoms with Gasteiger partial charge in [-0.2, -0.15) is 0 Å². The van der Waals surface area contributed by atoms with Crippen molar-refractivity contribution in [2.24, 2.45) is 11.3 Å². The molecule has 0 spiro atoms. The van der Waals surface area contributed by atoms with Crippen LogP contribution in [0.25, 0.3) is 11.0 Å². The topological polar surface area (TPSA) is 102 Å². The zero-order valence-corrected chi connectivity index (χ0v) is 20.3. The average Bonchev–Trinajstić information content (AvgIpc) is 3.14. The molecule has 2 aromatic heterocycles. The number of methoxy groups -OCH3 is 2. The molecule has 1 aliphatic rings. The molecule has 8 heteroatoms. The molecule has 33 heavy (non-hydrogen) atoms. The Morgan fingerprint density at radius 2 is 2.00 bits per heavy atom. The molecule has 7 nitrogen and oxygen atoms in total. The third-order valence-corrected chi connectivity index (χ3v) is 7.50. The van der Waals surface area contributed by atoms with Crippen molar-refractivity contribution in [3.05, 3.63) is 51.4 Å². The Morgan fingerprint density at radius 1 is 1.24 bits per heavy atom. The van der Waals surface area contributed by atoms with Gasteiger partial charge in [-0.05, 0) is 48.3 Å². The molecule has 2 heterocycles. The van der Waals surface area contributed by atoms with Crippen LogP contribution < -0.4 is 15.6 Å². The molecule has 4 rings (SSSR count). The summed E-state index contributed by atoms with van der Waals surface area (Å²) in [7, 11) is 2.86. The van der Waals surface area contributed by atoms with Crippen molar-refractivity contribution in [3.8, 4) is 5.75 Å². The van der Waals surface area contributed by atoms with Gasteiger partial charge in [0.1, 0.15) is 10.6 Å². The van der Waals surface area contributed by atoms with Crippen LogP contribution in [0.15, 0.2) is 28.7 Å². The molecule has 1 aliphatic carbocycles. The number of carbonyl (C=O) groups excluding carboxylic acids is 2. The van der Waals surface area contributed by atoms with Crippen molar-refractivity contribution in [3.63, 3.8) is 0 Å². The van der Waals surface area contributed by atoms with E-state index in [0.717, 1.165) is 29.7 Å². The van der Waals surface area contributed by atoms with Gasteiger partial charge in [0, 0.05) is 10.3 Å². The van der Waals surface area contributed by atoms with Crippen LogP contribution in [0, 0.1) is 16.7 Å². The molecule has 1 aromatic carbocycles. The van der Waals surface area contributed by atoms with Gasteiger partial charge in [0.05, 0.1) is 19.8 Å². The number of esters is 1. The minimum absolute atomic E-state index is 0.0745. The van der Waals surface area contributed by atoms with Crippen molar-refractivity contribution < 1.29 is 23.5 Å². The number of para-hydroxylation sites is 1. The van der Waals surface area contributed by atoms with Crippen molar-refractivity contribution in [1.29, 1.82) is 5.41 Å². The maximum absolute atomic E-state index is 13.2. The number of thiophene rings is 1. The van der Waals surface area contributed by atoms with Crippen LogP contribution in [-0.2, 0) is 17.6 Å². The lowest BCUT2D eigenvalue weighted by Gasteiger charge is -2.33. The molecule has 1 atom stereocenters. The molecule has 0 saturated heterocycles. The van der Waals surface area contributed by atoms with Crippen molar-refractivity contribution >= 4 is 39.2 Å². The number of hydrogen-bond donors (Lipinski definition) is 2. The van der Waals surface area contributed by atoms with E-state index in [-0.39, 0.29) is 16.5 Å². The second-order valence-corrected chi connectivity index (χ2v) is 10.4. The Morgan fingerprint density at radius 3 is 2.67 bits per heavy atom. The van der Waals surface area contributed by atoms with E-state index in [2.05, 4.69) is 26.1 Å². The van der Waals surface area contributed by atoms with E-state index < -0.39 is 11.9 Å². The van der Waals surface area contributed by atoms with Crippen LogP contribution in [0.4, 0.5) is 5.00 Å². The lowest BCUT2D eigenvalue weighted by molar-refractivity contribution is 0.0600. The first kappa shape index (κ1) is 23.0. The average molecular weight is 469 g/mol. The second-order valence-electron chi connectivity index (χ2n) is 9.33. The van der Waals surface area contributed by atoms with Crippen LogP contribution in [0.2, 0.25) is 0 Å². The third kappa shape index (κ3) is 4.27. The van der Waals surface area contributed by atoms with Gasteiger partial charge < -0.3 is 19.2 Å². The molecule has 174 valence electrons. The Kier molecular flexibility index (Phi) is 6.05. The Labute approximate surface area is 196 Å². The predicted molar refractivity (Wildman–Crippen MR) is 127 cm³/mol. The lowest BCUT2D eigenvalue weighted by atomic mass is 9.72. The number of rotatable bonds is 4. The number of fused-ring (bicyclic) bond motifs is 2. The van der Waals surface area contributed by atoms with Gasteiger partial charge >= 0.3 is 5.97 Å². The Balaban J connectivity index is 1.71. The Bertz CT molecular complexity index is 1300. The van der Waals surface area contributed by atoms with Crippen LogP contribution in [-0.4, -0.2) is 26.1 Å². The van der Waals surface area contributed by atoms with Gasteiger partial charge in [-0.3, -0.25) is 10.2 Å². The molecule has 0 saturated carbocycles. The van der Waals surface area contributed by atoms with Gasteiger partial charge in [0.15, 0.2) is 11.3 Å². The smallest absolute Gasteiger partial charge is 0.341 e. The van der Waals surface area contributed by atoms with Gasteiger partial charge in [-0.25, -0.2) is 4.79 Å². The molecule has 0 fully saturated rings. The summed E-state index contributed by atoms with van der Waals surface area (Å²) in [6, 6.07) is 6.90. The fourth-order valence-corrected chi connectivity index (χ4v) is 5.68. The zero-order valence-electron chi connectivity index (χ0n) is 19.5. The maximum atomic E-state index is 13.2. The van der Waals surface area contributed by atoms with E-state index in [4.69, 9.17) is 19.3 Å². The standard InChI is InChI=1S/C25H28N2O5S/c1-25(2,3)14-9-10-15-18(12-14)33-23(19(15)24(29)31-5)27-22(28)16-11-13-7-6-8-17(30-4)20(13)32-21(16)26/h6-8,11,14,26H,9-10,12H2,1-5H3,(H,27,28). The predicted octanol–water partition coefficient (Wildman–Crippen LogP) is 5.17. The van der Waals surface area contributed by atoms with E-state index in [1.165, 1.54) is 25.6 Å². The number of amides is 1. The summed E-state index contributed by atoms with van der Waals surface area (Å²) in [6.07, 6.45) is 2.61. The molecule has 1 unspecified atom stereocenters. The van der Waals surface area contributed by atoms with Crippen molar-refractivity contribution in [2.75, 3.05) is 19.5 Å². The number of benzene rings is 1. The highest BCUT2D eigenvalue weighted by molar-refractivity contribution is 7.17. The number of carbonyl (C=O) groups is 2. The highest BCUT2D eigenvalue weighted by atomic mass is 32.1. The fourth-order valence-electron chi connectivity index (χ4n) is 4.36. The van der Waals surface area contributed by atoms with Gasteiger partial charge in [0.25, 0.3) is 5.91 Å². The number of anilines is 1. The zero-order chi connectivity index (χ0) is 23.9. The summed E-state index contributed by atoms with van der Waals surface area (Å²) in [6.45, 7) is 6.69. The summed E-state index contributed by atoms with van der Waals surface area (Å²) >= 11 is 1.42. The molecule has 1 amide bonds. The van der Waals surface area contributed by atoms with E-state index in [0.29, 0.717) is 33.2 Å². The van der Waals surface area contributed by atoms with Gasteiger partial charge in [-0.15, -0.1) is 11.3 Å². The normalized spacial score (nSPS) is 15.7. The summed E-state index contributed by atoms with van der Waals surface area (Å²) in [5, 5.41) is 12.2. The largest absolute Gasteiger partial charge is 0.493 e. The monoisotopic (exact) mass is 468 g/mol. The molecule has 0 bridgehead atoms. The first-order valence-electron chi connectivity index (χ1n) is 10.8. The van der Waals surface area contributed by atoms with Crippen LogP contribution >= 0.6 is 11.3 Å². The van der Waals surface area contributed by atoms with Crippen molar-refractivity contribution in [1.82, 2.24) is 0 Å². The van der Waals surface area contributed by atoms with E-state index in [9.17, 15) is 9.59 Å². The molecule has 0 aliphatic heterocycles. The second kappa shape index (κ2) is 8.67. The van der Waals surface area contributed by atoms with E-state index in [1.54, 1.807) is 24.3 Å². The molecular formula is C25H28N2O5S. The minimum atomic E-state index is -0.510. The summed E-state index contributed by atoms with van der Waals surface area (Å²) in [5.74, 6) is 0.00714. The van der Waals surface area contributed by atoms with Crippen LogP contribution in [0.1, 0.15) is 58.3 Å². The SMILES string of the molecule is COC(=O)c1c(NC(=O)c2cc3cccc(OC)c3oc2=N)sc2c1CCC(C(C)(C)C)C2. The number of nitrogens with one attached hydrogen (secondary N) is 2. The summed E-state index contributed by atoms with van der Waals surface area (Å²) in [5.41, 5.74) is 1.73. The van der Waals surface area contributed by atoms with Crippen LogP contribution in [0.3, 0.4) is 0 Å². The minimum Gasteiger partial charge on any atom is -0.493 e. The molecule has 2 N–H and O–H groups in total. The van der Waals surface area contributed by atoms with Gasteiger partial charge in [0.2, 0.25) is 5.55 Å². The van der Waals surface area contributed by atoms with E-state index in [1.807, 2.05) is 0 Å². The Hall–Kier alpha value is -3.13. The first-order chi connectivity index (χ1) is 15.6. The summed E-state index contributed by atoms with van der Waals surface area (Å²) < 4.78 is 15.9. The molecular weight excluding hydrogens is 440 g/mol. The number of ether oxygens (including phenoxy) is 2. The maximum Gasteiger partial charge on any atom is 0.341 e. The highest BCUT2D eigenvalue weighted by Gasteiger charge is 2.34. The quantitative estimate of drug-likeness (QED) is 0.514. The first-order valence-corrected chi connectivity index (χ1v) is 11.6. The molecule has 0 radical (unpaired) electrons. The van der Waals surface area contributed by atoms with Gasteiger partial charge in [-0.1, -0.05) is 32.9 Å². The van der Waals surface area contributed by atoms with Crippen LogP contribution in [0.5, 0.6) is 5.75 Å². The lowest BCUT2D eigenvalue weighted by Crippen LogP contribution is -2.26. The third-order valence-electron chi connectivity index (χ3n) is 6.33. The van der Waals surface area contributed by atoms with E-state index >= 15 is 0 Å². The fraction of sp³-hybridized carbons (Fsp3) is 0.400. The number of hydrogen-bond acceptors (Lipinski definition) is 7. The molecule has 3 aromatic rings. The van der Waals surface area contributed by atoms with Crippen molar-refractivity contribution in [2.45, 2.75) is 40.0 Å². The summed E-state index contributed by atoms with van der Waals surface area (Å²) in [4.78, 5) is 26.9. The highest BCUT2D eigenvalue weighted by Crippen LogP contribution is 2.44.